The van der Waals surface area contributed by atoms with Gasteiger partial charge in [-0.1, -0.05) is 48.2 Å². The molecule has 0 fully saturated rings. The predicted octanol–water partition coefficient (Wildman–Crippen LogP) is 4.37. The van der Waals surface area contributed by atoms with Gasteiger partial charge in [-0.05, 0) is 43.1 Å². The van der Waals surface area contributed by atoms with Gasteiger partial charge in [0.05, 0.1) is 18.0 Å². The van der Waals surface area contributed by atoms with Crippen LogP contribution in [0.5, 0.6) is 5.75 Å². The maximum absolute atomic E-state index is 13.2. The number of thioether (sulfide) groups is 1. The molecule has 0 unspecified atom stereocenters. The van der Waals surface area contributed by atoms with Crippen molar-refractivity contribution in [2.24, 2.45) is 0 Å². The fourth-order valence-corrected chi connectivity index (χ4v) is 5.58. The molecular formula is C24H22N4O3S2. The third kappa shape index (κ3) is 4.02. The average molecular weight is 479 g/mol. The minimum absolute atomic E-state index is 0.0427. The minimum Gasteiger partial charge on any atom is -0.490 e. The minimum atomic E-state index is -0.121. The molecule has 0 aliphatic carbocycles. The highest BCUT2D eigenvalue weighted by Crippen LogP contribution is 2.34. The molecule has 3 heterocycles. The Hall–Kier alpha value is -3.17. The number of carbonyl (C=O) groups is 1. The number of aryl methyl sites for hydroxylation is 1. The first kappa shape index (κ1) is 21.7. The number of hydrogen-bond acceptors (Lipinski definition) is 7. The molecule has 9 heteroatoms. The Morgan fingerprint density at radius 1 is 1.21 bits per heavy atom. The van der Waals surface area contributed by atoms with E-state index in [4.69, 9.17) is 9.72 Å². The maximum atomic E-state index is 13.2. The zero-order chi connectivity index (χ0) is 22.9. The topological polar surface area (TPSA) is 77.3 Å². The van der Waals surface area contributed by atoms with E-state index in [1.807, 2.05) is 62.4 Å². The van der Waals surface area contributed by atoms with Gasteiger partial charge in [0, 0.05) is 12.1 Å². The molecule has 2 aromatic carbocycles. The van der Waals surface area contributed by atoms with Crippen LogP contribution in [0.4, 0.5) is 5.69 Å². The number of fused-ring (bicyclic) bond motifs is 2. The summed E-state index contributed by atoms with van der Waals surface area (Å²) in [6, 6.07) is 15.6. The van der Waals surface area contributed by atoms with Crippen molar-refractivity contribution >= 4 is 45.1 Å². The highest BCUT2D eigenvalue weighted by molar-refractivity contribution is 7.99. The molecule has 7 nitrogen and oxygen atoms in total. The van der Waals surface area contributed by atoms with Crippen molar-refractivity contribution in [3.63, 3.8) is 0 Å². The summed E-state index contributed by atoms with van der Waals surface area (Å²) in [5.41, 5.74) is 3.93. The molecule has 168 valence electrons. The fraction of sp³-hybridized carbons (Fsp3) is 0.250. The Balaban J connectivity index is 1.46. The van der Waals surface area contributed by atoms with E-state index in [1.54, 1.807) is 9.47 Å². The average Bonchev–Trinajstić information content (AvgIpc) is 3.27. The molecular weight excluding hydrogens is 456 g/mol. The number of hydrogen-bond donors (Lipinski definition) is 0. The first-order valence-corrected chi connectivity index (χ1v) is 12.4. The van der Waals surface area contributed by atoms with E-state index in [0.717, 1.165) is 16.8 Å². The molecule has 1 aliphatic rings. The number of benzene rings is 2. The van der Waals surface area contributed by atoms with Crippen molar-refractivity contribution in [3.05, 3.63) is 64.4 Å². The summed E-state index contributed by atoms with van der Waals surface area (Å²) in [5.74, 6) is 0.842. The van der Waals surface area contributed by atoms with Gasteiger partial charge >= 0.3 is 0 Å². The van der Waals surface area contributed by atoms with Gasteiger partial charge in [0.25, 0.3) is 5.56 Å². The van der Waals surface area contributed by atoms with Gasteiger partial charge in [0.15, 0.2) is 5.16 Å². The third-order valence-electron chi connectivity index (χ3n) is 5.51. The number of nitrogens with zero attached hydrogens (tertiary/aromatic N) is 4. The molecule has 1 aliphatic heterocycles. The number of aromatic nitrogens is 3. The summed E-state index contributed by atoms with van der Waals surface area (Å²) in [7, 11) is 0. The Bertz CT molecular complexity index is 1400. The molecule has 0 saturated heterocycles. The number of ether oxygens (including phenoxy) is 1. The van der Waals surface area contributed by atoms with Gasteiger partial charge in [0.2, 0.25) is 5.91 Å². The van der Waals surface area contributed by atoms with Crippen LogP contribution in [0.1, 0.15) is 12.5 Å². The molecule has 2 aromatic heterocycles. The largest absolute Gasteiger partial charge is 0.490 e. The van der Waals surface area contributed by atoms with Crippen molar-refractivity contribution in [1.29, 1.82) is 0 Å². The zero-order valence-electron chi connectivity index (χ0n) is 18.3. The van der Waals surface area contributed by atoms with Crippen molar-refractivity contribution in [2.75, 3.05) is 23.8 Å². The summed E-state index contributed by atoms with van der Waals surface area (Å²) in [4.78, 5) is 32.9. The first-order chi connectivity index (χ1) is 16.1. The van der Waals surface area contributed by atoms with Crippen LogP contribution in [0.15, 0.2) is 58.5 Å². The summed E-state index contributed by atoms with van der Waals surface area (Å²) >= 11 is 2.46. The highest BCUT2D eigenvalue weighted by atomic mass is 32.2. The molecule has 0 radical (unpaired) electrons. The number of carbonyl (C=O) groups excluding carboxylic acids is 1. The van der Waals surface area contributed by atoms with Gasteiger partial charge < -0.3 is 9.64 Å². The molecule has 0 atom stereocenters. The Kier molecular flexibility index (Phi) is 5.90. The van der Waals surface area contributed by atoms with Crippen LogP contribution in [0.25, 0.3) is 21.5 Å². The second-order valence-corrected chi connectivity index (χ2v) is 9.39. The Morgan fingerprint density at radius 3 is 2.82 bits per heavy atom. The molecule has 4 aromatic rings. The number of amides is 1. The Labute approximate surface area is 199 Å². The molecule has 0 saturated carbocycles. The smallest absolute Gasteiger partial charge is 0.273 e. The predicted molar refractivity (Wildman–Crippen MR) is 133 cm³/mol. The van der Waals surface area contributed by atoms with Crippen LogP contribution in [-0.4, -0.2) is 38.7 Å². The van der Waals surface area contributed by atoms with E-state index in [1.165, 1.54) is 23.3 Å². The van der Waals surface area contributed by atoms with Crippen molar-refractivity contribution in [1.82, 2.24) is 13.9 Å². The standard InChI is InChI=1S/C24H22N4O3S2/c1-3-27-23(30)22-21(20(26-33-22)16-7-5-4-6-8-16)25-24(27)32-14-19(29)28-11-12-31-18-10-9-15(2)13-17(18)28/h4-10,13H,3,11-12,14H2,1-2H3. The van der Waals surface area contributed by atoms with Crippen molar-refractivity contribution < 1.29 is 9.53 Å². The normalized spacial score (nSPS) is 13.1. The molecule has 5 rings (SSSR count). The molecule has 0 spiro atoms. The molecule has 1 amide bonds. The molecule has 33 heavy (non-hydrogen) atoms. The van der Waals surface area contributed by atoms with Gasteiger partial charge in [-0.15, -0.1) is 0 Å². The molecule has 0 N–H and O–H groups in total. The van der Waals surface area contributed by atoms with E-state index in [-0.39, 0.29) is 17.2 Å². The van der Waals surface area contributed by atoms with Crippen LogP contribution in [-0.2, 0) is 11.3 Å². The van der Waals surface area contributed by atoms with E-state index in [2.05, 4.69) is 4.37 Å². The maximum Gasteiger partial charge on any atom is 0.273 e. The lowest BCUT2D eigenvalue weighted by molar-refractivity contribution is -0.116. The number of anilines is 1. The van der Waals surface area contributed by atoms with Gasteiger partial charge in [-0.2, -0.15) is 4.37 Å². The van der Waals surface area contributed by atoms with Crippen LogP contribution in [0, 0.1) is 6.92 Å². The first-order valence-electron chi connectivity index (χ1n) is 10.7. The third-order valence-corrected chi connectivity index (χ3v) is 7.30. The van der Waals surface area contributed by atoms with Gasteiger partial charge in [-0.25, -0.2) is 4.98 Å². The fourth-order valence-electron chi connectivity index (χ4n) is 3.86. The number of rotatable bonds is 5. The summed E-state index contributed by atoms with van der Waals surface area (Å²) < 4.78 is 12.4. The van der Waals surface area contributed by atoms with Gasteiger partial charge in [-0.3, -0.25) is 14.2 Å². The lowest BCUT2D eigenvalue weighted by atomic mass is 10.1. The summed E-state index contributed by atoms with van der Waals surface area (Å²) in [6.07, 6.45) is 0. The SMILES string of the molecule is CCn1c(SCC(=O)N2CCOc3ccc(C)cc32)nc2c(-c3ccccc3)nsc2c1=O. The highest BCUT2D eigenvalue weighted by Gasteiger charge is 2.25. The summed E-state index contributed by atoms with van der Waals surface area (Å²) in [5, 5.41) is 0.526. The van der Waals surface area contributed by atoms with Crippen molar-refractivity contribution in [3.8, 4) is 17.0 Å². The lowest BCUT2D eigenvalue weighted by Crippen LogP contribution is -2.39. The Morgan fingerprint density at radius 2 is 2.03 bits per heavy atom. The van der Waals surface area contributed by atoms with Gasteiger partial charge in [0.1, 0.15) is 28.3 Å². The monoisotopic (exact) mass is 478 g/mol. The zero-order valence-corrected chi connectivity index (χ0v) is 19.9. The van der Waals surface area contributed by atoms with Crippen LogP contribution in [0.3, 0.4) is 0 Å². The van der Waals surface area contributed by atoms with Crippen LogP contribution < -0.4 is 15.2 Å². The van der Waals surface area contributed by atoms with Crippen LogP contribution >= 0.6 is 23.3 Å². The second kappa shape index (κ2) is 8.99. The van der Waals surface area contributed by atoms with Crippen molar-refractivity contribution in [2.45, 2.75) is 25.5 Å². The summed E-state index contributed by atoms with van der Waals surface area (Å²) in [6.45, 7) is 5.31. The van der Waals surface area contributed by atoms with E-state index < -0.39 is 0 Å². The van der Waals surface area contributed by atoms with E-state index >= 15 is 0 Å². The lowest BCUT2D eigenvalue weighted by Gasteiger charge is -2.29. The molecule has 0 bridgehead atoms. The quantitative estimate of drug-likeness (QED) is 0.313. The van der Waals surface area contributed by atoms with Crippen LogP contribution in [0.2, 0.25) is 0 Å². The van der Waals surface area contributed by atoms with E-state index in [9.17, 15) is 9.59 Å². The second-order valence-electron chi connectivity index (χ2n) is 7.67. The van der Waals surface area contributed by atoms with E-state index in [0.29, 0.717) is 46.5 Å².